The van der Waals surface area contributed by atoms with E-state index in [9.17, 15) is 4.79 Å². The Morgan fingerprint density at radius 2 is 1.87 bits per heavy atom. The van der Waals surface area contributed by atoms with Gasteiger partial charge in [0.05, 0.1) is 11.6 Å². The SMILES string of the molecule is Cc1ccc(SCC(C)NC(=O)C(C)c2c(C)n[nH]c2C)cc1. The molecule has 0 aliphatic heterocycles. The first-order valence-corrected chi connectivity index (χ1v) is 8.88. The first kappa shape index (κ1) is 17.6. The molecule has 0 spiro atoms. The maximum atomic E-state index is 12.5. The highest BCUT2D eigenvalue weighted by Gasteiger charge is 2.22. The van der Waals surface area contributed by atoms with Crippen molar-refractivity contribution < 1.29 is 4.79 Å². The van der Waals surface area contributed by atoms with Crippen LogP contribution in [0.2, 0.25) is 0 Å². The molecular weight excluding hydrogens is 306 g/mol. The predicted molar refractivity (Wildman–Crippen MR) is 96.0 cm³/mol. The second-order valence-corrected chi connectivity index (χ2v) is 7.20. The van der Waals surface area contributed by atoms with Crippen molar-refractivity contribution in [3.63, 3.8) is 0 Å². The molecule has 2 rings (SSSR count). The van der Waals surface area contributed by atoms with Crippen LogP contribution in [0.4, 0.5) is 0 Å². The fourth-order valence-electron chi connectivity index (χ4n) is 2.59. The number of nitrogens with one attached hydrogen (secondary N) is 2. The third-order valence-electron chi connectivity index (χ3n) is 3.92. The highest BCUT2D eigenvalue weighted by atomic mass is 32.2. The van der Waals surface area contributed by atoms with Crippen LogP contribution in [-0.2, 0) is 4.79 Å². The molecular formula is C18H25N3OS. The highest BCUT2D eigenvalue weighted by molar-refractivity contribution is 7.99. The number of benzene rings is 1. The van der Waals surface area contributed by atoms with Crippen molar-refractivity contribution in [2.45, 2.75) is 51.5 Å². The van der Waals surface area contributed by atoms with Crippen molar-refractivity contribution >= 4 is 17.7 Å². The van der Waals surface area contributed by atoms with Crippen LogP contribution in [0.5, 0.6) is 0 Å². The molecule has 23 heavy (non-hydrogen) atoms. The molecule has 0 bridgehead atoms. The van der Waals surface area contributed by atoms with E-state index in [-0.39, 0.29) is 17.9 Å². The minimum Gasteiger partial charge on any atom is -0.352 e. The number of carbonyl (C=O) groups excluding carboxylic acids is 1. The number of nitrogens with zero attached hydrogens (tertiary/aromatic N) is 1. The normalized spacial score (nSPS) is 13.6. The fourth-order valence-corrected chi connectivity index (χ4v) is 3.45. The van der Waals surface area contributed by atoms with Gasteiger partial charge in [-0.25, -0.2) is 0 Å². The van der Waals surface area contributed by atoms with Crippen LogP contribution in [0.3, 0.4) is 0 Å². The van der Waals surface area contributed by atoms with Crippen molar-refractivity contribution in [1.82, 2.24) is 15.5 Å². The maximum absolute atomic E-state index is 12.5. The van der Waals surface area contributed by atoms with Crippen molar-refractivity contribution in [3.05, 3.63) is 46.8 Å². The van der Waals surface area contributed by atoms with Gasteiger partial charge in [0.25, 0.3) is 0 Å². The molecule has 0 fully saturated rings. The van der Waals surface area contributed by atoms with E-state index < -0.39 is 0 Å². The first-order chi connectivity index (χ1) is 10.9. The molecule has 124 valence electrons. The largest absolute Gasteiger partial charge is 0.352 e. The minimum absolute atomic E-state index is 0.0506. The Bertz CT molecular complexity index is 644. The van der Waals surface area contributed by atoms with Crippen LogP contribution in [0, 0.1) is 20.8 Å². The van der Waals surface area contributed by atoms with Crippen molar-refractivity contribution in [2.75, 3.05) is 5.75 Å². The molecule has 1 heterocycles. The molecule has 1 aromatic heterocycles. The second-order valence-electron chi connectivity index (χ2n) is 6.10. The zero-order chi connectivity index (χ0) is 17.0. The quantitative estimate of drug-likeness (QED) is 0.793. The van der Waals surface area contributed by atoms with Gasteiger partial charge in [0.15, 0.2) is 0 Å². The van der Waals surface area contributed by atoms with Crippen molar-refractivity contribution in [1.29, 1.82) is 0 Å². The topological polar surface area (TPSA) is 57.8 Å². The Morgan fingerprint density at radius 1 is 1.22 bits per heavy atom. The van der Waals surface area contributed by atoms with E-state index in [4.69, 9.17) is 0 Å². The molecule has 1 amide bonds. The minimum atomic E-state index is -0.194. The fraction of sp³-hybridized carbons (Fsp3) is 0.444. The number of hydrogen-bond acceptors (Lipinski definition) is 3. The Labute approximate surface area is 142 Å². The third kappa shape index (κ3) is 4.61. The summed E-state index contributed by atoms with van der Waals surface area (Å²) < 4.78 is 0. The Kier molecular flexibility index (Phi) is 5.88. The lowest BCUT2D eigenvalue weighted by atomic mass is 9.98. The molecule has 5 heteroatoms. The molecule has 2 atom stereocenters. The number of aryl methyl sites for hydroxylation is 3. The van der Waals surface area contributed by atoms with E-state index in [0.717, 1.165) is 22.7 Å². The molecule has 1 aromatic carbocycles. The monoisotopic (exact) mass is 331 g/mol. The number of hydrogen-bond donors (Lipinski definition) is 2. The second kappa shape index (κ2) is 7.68. The van der Waals surface area contributed by atoms with Gasteiger partial charge in [0.2, 0.25) is 5.91 Å². The third-order valence-corrected chi connectivity index (χ3v) is 5.19. The summed E-state index contributed by atoms with van der Waals surface area (Å²) in [5.74, 6) is 0.709. The molecule has 0 radical (unpaired) electrons. The summed E-state index contributed by atoms with van der Waals surface area (Å²) >= 11 is 1.76. The number of aromatic amines is 1. The van der Waals surface area contributed by atoms with E-state index in [1.165, 1.54) is 10.5 Å². The van der Waals surface area contributed by atoms with Crippen LogP contribution in [0.1, 0.15) is 42.3 Å². The molecule has 0 aliphatic carbocycles. The van der Waals surface area contributed by atoms with Crippen molar-refractivity contribution in [2.24, 2.45) is 0 Å². The number of H-pyrrole nitrogens is 1. The summed E-state index contributed by atoms with van der Waals surface area (Å²) in [4.78, 5) is 13.7. The number of aromatic nitrogens is 2. The average molecular weight is 331 g/mol. The van der Waals surface area contributed by atoms with Gasteiger partial charge < -0.3 is 5.32 Å². The van der Waals surface area contributed by atoms with Gasteiger partial charge in [0.1, 0.15) is 0 Å². The molecule has 2 aromatic rings. The Balaban J connectivity index is 1.88. The van der Waals surface area contributed by atoms with Crippen LogP contribution < -0.4 is 5.32 Å². The standard InChI is InChI=1S/C18H25N3OS/c1-11-6-8-16(9-7-11)23-10-12(2)19-18(22)13(3)17-14(4)20-21-15(17)5/h6-9,12-13H,10H2,1-5H3,(H,19,22)(H,20,21). The zero-order valence-electron chi connectivity index (χ0n) is 14.4. The average Bonchev–Trinajstić information content (AvgIpc) is 2.85. The van der Waals surface area contributed by atoms with Crippen LogP contribution in [-0.4, -0.2) is 27.9 Å². The molecule has 0 saturated heterocycles. The Hall–Kier alpha value is -1.75. The van der Waals surface area contributed by atoms with Crippen LogP contribution >= 0.6 is 11.8 Å². The summed E-state index contributed by atoms with van der Waals surface area (Å²) in [5, 5.41) is 10.2. The van der Waals surface area contributed by atoms with Gasteiger partial charge in [-0.3, -0.25) is 9.89 Å². The van der Waals surface area contributed by atoms with Gasteiger partial charge in [-0.15, -0.1) is 11.8 Å². The van der Waals surface area contributed by atoms with Gasteiger partial charge in [-0.2, -0.15) is 5.10 Å². The van der Waals surface area contributed by atoms with Gasteiger partial charge in [-0.05, 0) is 46.8 Å². The summed E-state index contributed by atoms with van der Waals surface area (Å²) in [5.41, 5.74) is 4.12. The summed E-state index contributed by atoms with van der Waals surface area (Å²) in [6.45, 7) is 9.94. The van der Waals surface area contributed by atoms with Gasteiger partial charge in [-0.1, -0.05) is 17.7 Å². The van der Waals surface area contributed by atoms with E-state index in [2.05, 4.69) is 46.7 Å². The maximum Gasteiger partial charge on any atom is 0.227 e. The molecule has 0 saturated carbocycles. The smallest absolute Gasteiger partial charge is 0.227 e. The lowest BCUT2D eigenvalue weighted by molar-refractivity contribution is -0.122. The van der Waals surface area contributed by atoms with E-state index in [1.807, 2.05) is 27.7 Å². The zero-order valence-corrected chi connectivity index (χ0v) is 15.3. The highest BCUT2D eigenvalue weighted by Crippen LogP contribution is 2.22. The number of carbonyl (C=O) groups is 1. The molecule has 0 aliphatic rings. The van der Waals surface area contributed by atoms with E-state index in [1.54, 1.807) is 11.8 Å². The van der Waals surface area contributed by atoms with E-state index >= 15 is 0 Å². The lowest BCUT2D eigenvalue weighted by Gasteiger charge is -2.18. The predicted octanol–water partition coefficient (Wildman–Crippen LogP) is 3.74. The summed E-state index contributed by atoms with van der Waals surface area (Å²) in [6.07, 6.45) is 0. The Morgan fingerprint density at radius 3 is 2.43 bits per heavy atom. The van der Waals surface area contributed by atoms with Crippen LogP contribution in [0.25, 0.3) is 0 Å². The van der Waals surface area contributed by atoms with Crippen molar-refractivity contribution in [3.8, 4) is 0 Å². The van der Waals surface area contributed by atoms with Crippen LogP contribution in [0.15, 0.2) is 29.2 Å². The first-order valence-electron chi connectivity index (χ1n) is 7.89. The number of amides is 1. The van der Waals surface area contributed by atoms with E-state index in [0.29, 0.717) is 0 Å². The van der Waals surface area contributed by atoms with Gasteiger partial charge >= 0.3 is 0 Å². The number of rotatable bonds is 6. The molecule has 4 nitrogen and oxygen atoms in total. The summed E-state index contributed by atoms with van der Waals surface area (Å²) in [7, 11) is 0. The number of thioether (sulfide) groups is 1. The summed E-state index contributed by atoms with van der Waals surface area (Å²) in [6, 6.07) is 8.57. The van der Waals surface area contributed by atoms with Gasteiger partial charge in [0, 0.05) is 27.9 Å². The molecule has 2 unspecified atom stereocenters. The lowest BCUT2D eigenvalue weighted by Crippen LogP contribution is -2.37. The molecule has 2 N–H and O–H groups in total.